The number of Topliss-reactive ketones (excluding diaryl/α,β-unsaturated/α-hetero) is 1. The quantitative estimate of drug-likeness (QED) is 0.290. The Morgan fingerprint density at radius 2 is 2.23 bits per heavy atom. The summed E-state index contributed by atoms with van der Waals surface area (Å²) in [5.41, 5.74) is 3.54. The van der Waals surface area contributed by atoms with Gasteiger partial charge in [-0.05, 0) is 55.6 Å². The van der Waals surface area contributed by atoms with Crippen molar-refractivity contribution in [2.24, 2.45) is 11.8 Å². The molecule has 3 aromatic rings. The number of aromatic nitrogens is 3. The highest BCUT2D eigenvalue weighted by Gasteiger charge is 2.34. The number of terminal acetylenes is 1. The largest absolute Gasteiger partial charge is 0.461 e. The fourth-order valence-electron chi connectivity index (χ4n) is 4.64. The Bertz CT molecular complexity index is 1280. The predicted octanol–water partition coefficient (Wildman–Crippen LogP) is 3.60. The van der Waals surface area contributed by atoms with E-state index in [4.69, 9.17) is 11.2 Å². The maximum absolute atomic E-state index is 12.4. The van der Waals surface area contributed by atoms with Crippen LogP contribution in [0.3, 0.4) is 0 Å². The van der Waals surface area contributed by atoms with Gasteiger partial charge in [0, 0.05) is 42.9 Å². The summed E-state index contributed by atoms with van der Waals surface area (Å²) in [5, 5.41) is 7.70. The molecule has 8 heteroatoms. The topological polar surface area (TPSA) is 88.8 Å². The van der Waals surface area contributed by atoms with E-state index in [1.807, 2.05) is 36.5 Å². The molecular formula is C27H29N5O3. The van der Waals surface area contributed by atoms with Gasteiger partial charge in [-0.1, -0.05) is 24.6 Å². The van der Waals surface area contributed by atoms with Gasteiger partial charge in [-0.15, -0.1) is 6.42 Å². The third-order valence-corrected chi connectivity index (χ3v) is 6.38. The molecule has 0 amide bonds. The smallest absolute Gasteiger partial charge is 0.306 e. The molecule has 1 N–H and O–H groups in total. The van der Waals surface area contributed by atoms with E-state index >= 15 is 0 Å². The monoisotopic (exact) mass is 471 g/mol. The van der Waals surface area contributed by atoms with Gasteiger partial charge in [0.1, 0.15) is 24.2 Å². The van der Waals surface area contributed by atoms with E-state index in [-0.39, 0.29) is 36.6 Å². The molecule has 0 saturated carbocycles. The Morgan fingerprint density at radius 1 is 1.37 bits per heavy atom. The number of carbonyl (C=O) groups excluding carboxylic acids is 2. The normalized spacial score (nSPS) is 18.1. The minimum Gasteiger partial charge on any atom is -0.461 e. The van der Waals surface area contributed by atoms with Gasteiger partial charge in [0.2, 0.25) is 0 Å². The summed E-state index contributed by atoms with van der Waals surface area (Å²) in [4.78, 5) is 31.3. The zero-order chi connectivity index (χ0) is 24.8. The van der Waals surface area contributed by atoms with Crippen LogP contribution < -0.4 is 5.32 Å². The predicted molar refractivity (Wildman–Crippen MR) is 134 cm³/mol. The van der Waals surface area contributed by atoms with Crippen LogP contribution in [0.2, 0.25) is 0 Å². The first kappa shape index (κ1) is 24.2. The number of likely N-dealkylation sites (tertiary alicyclic amines) is 1. The molecule has 0 aliphatic carbocycles. The fourth-order valence-corrected chi connectivity index (χ4v) is 4.64. The second kappa shape index (κ2) is 11.0. The molecule has 1 aromatic carbocycles. The molecule has 35 heavy (non-hydrogen) atoms. The molecule has 0 unspecified atom stereocenters. The highest BCUT2D eigenvalue weighted by Crippen LogP contribution is 2.30. The Labute approximate surface area is 205 Å². The van der Waals surface area contributed by atoms with Crippen molar-refractivity contribution in [3.63, 3.8) is 0 Å². The second-order valence-electron chi connectivity index (χ2n) is 8.77. The fraction of sp³-hybridized carbons (Fsp3) is 0.333. The number of benzene rings is 1. The van der Waals surface area contributed by atoms with Crippen molar-refractivity contribution in [3.8, 4) is 12.3 Å². The number of nitrogens with zero attached hydrogens (tertiary/aromatic N) is 4. The molecule has 0 radical (unpaired) electrons. The Balaban J connectivity index is 1.51. The lowest BCUT2D eigenvalue weighted by atomic mass is 9.81. The number of hydrogen-bond acceptors (Lipinski definition) is 7. The maximum atomic E-state index is 12.4. The third-order valence-electron chi connectivity index (χ3n) is 6.38. The highest BCUT2D eigenvalue weighted by atomic mass is 16.5. The van der Waals surface area contributed by atoms with Crippen molar-refractivity contribution in [1.82, 2.24) is 19.5 Å². The molecule has 1 aliphatic heterocycles. The molecular weight excluding hydrogens is 442 g/mol. The molecule has 1 aliphatic rings. The lowest BCUT2D eigenvalue weighted by Gasteiger charge is -2.37. The number of piperidine rings is 1. The number of ether oxygens (including phenoxy) is 1. The molecule has 0 bridgehead atoms. The van der Waals surface area contributed by atoms with Crippen molar-refractivity contribution in [1.29, 1.82) is 0 Å². The molecule has 8 nitrogen and oxygen atoms in total. The van der Waals surface area contributed by atoms with Crippen molar-refractivity contribution >= 4 is 28.8 Å². The zero-order valence-electron chi connectivity index (χ0n) is 19.8. The summed E-state index contributed by atoms with van der Waals surface area (Å²) in [6.07, 6.45) is 11.5. The van der Waals surface area contributed by atoms with Crippen LogP contribution in [0.5, 0.6) is 0 Å². The van der Waals surface area contributed by atoms with Crippen LogP contribution in [0.4, 0.5) is 11.5 Å². The van der Waals surface area contributed by atoms with Gasteiger partial charge in [0.25, 0.3) is 0 Å². The van der Waals surface area contributed by atoms with Gasteiger partial charge in [0.15, 0.2) is 5.82 Å². The first-order chi connectivity index (χ1) is 17.0. The van der Waals surface area contributed by atoms with Crippen LogP contribution in [0.25, 0.3) is 5.52 Å². The van der Waals surface area contributed by atoms with Gasteiger partial charge in [0.05, 0.1) is 0 Å². The van der Waals surface area contributed by atoms with Gasteiger partial charge in [-0.2, -0.15) is 5.10 Å². The molecule has 180 valence electrons. The van der Waals surface area contributed by atoms with E-state index in [0.29, 0.717) is 18.9 Å². The average molecular weight is 472 g/mol. The standard InChI is InChI=1S/C27H29N5O3/c1-4-13-35-25(34)15-21-9-11-31(17-24(21)19(3)33)16-22-10-12-32-26(22)27(28-18-29-32)30-23-8-6-7-20(5-2)14-23/h2,4,6-8,10,12,14,18,21,24H,1,9,11,13,15-17H2,3H3,(H,28,29,30)/t21-,24+/m0/s1. The summed E-state index contributed by atoms with van der Waals surface area (Å²) >= 11 is 0. The lowest BCUT2D eigenvalue weighted by Crippen LogP contribution is -2.43. The van der Waals surface area contributed by atoms with E-state index in [0.717, 1.165) is 35.3 Å². The van der Waals surface area contributed by atoms with Crippen molar-refractivity contribution in [3.05, 3.63) is 66.6 Å². The third kappa shape index (κ3) is 5.76. The maximum Gasteiger partial charge on any atom is 0.306 e. The Kier molecular flexibility index (Phi) is 7.58. The molecule has 3 heterocycles. The number of carbonyl (C=O) groups is 2. The SMILES string of the molecule is C#Cc1cccc(Nc2ncnn3ccc(CN4CC[C@@H](CC(=O)OCC=C)[C@@H](C(C)=O)C4)c23)c1. The minimum atomic E-state index is -0.283. The van der Waals surface area contributed by atoms with Crippen LogP contribution >= 0.6 is 0 Å². The van der Waals surface area contributed by atoms with Crippen molar-refractivity contribution < 1.29 is 14.3 Å². The van der Waals surface area contributed by atoms with Gasteiger partial charge in [-0.25, -0.2) is 9.50 Å². The van der Waals surface area contributed by atoms with E-state index in [9.17, 15) is 9.59 Å². The number of ketones is 1. The van der Waals surface area contributed by atoms with Crippen molar-refractivity contribution in [2.75, 3.05) is 25.0 Å². The van der Waals surface area contributed by atoms with Gasteiger partial charge < -0.3 is 10.1 Å². The molecule has 4 rings (SSSR count). The van der Waals surface area contributed by atoms with Crippen LogP contribution in [0.1, 0.15) is 30.9 Å². The Morgan fingerprint density at radius 3 is 3.00 bits per heavy atom. The molecule has 0 spiro atoms. The van der Waals surface area contributed by atoms with Crippen LogP contribution in [0, 0.1) is 24.2 Å². The molecule has 1 fully saturated rings. The van der Waals surface area contributed by atoms with E-state index in [1.54, 1.807) is 17.5 Å². The zero-order valence-corrected chi connectivity index (χ0v) is 19.8. The van der Waals surface area contributed by atoms with Crippen LogP contribution in [0.15, 0.2) is 55.5 Å². The van der Waals surface area contributed by atoms with Crippen LogP contribution in [-0.4, -0.2) is 50.9 Å². The minimum absolute atomic E-state index is 0.0177. The van der Waals surface area contributed by atoms with E-state index in [1.165, 1.54) is 6.33 Å². The Hall–Kier alpha value is -3.96. The highest BCUT2D eigenvalue weighted by molar-refractivity contribution is 5.80. The molecule has 1 saturated heterocycles. The van der Waals surface area contributed by atoms with Gasteiger partial charge in [-0.3, -0.25) is 14.5 Å². The number of rotatable bonds is 9. The van der Waals surface area contributed by atoms with Crippen LogP contribution in [-0.2, 0) is 20.9 Å². The number of fused-ring (bicyclic) bond motifs is 1. The number of hydrogen-bond donors (Lipinski definition) is 1. The van der Waals surface area contributed by atoms with Crippen molar-refractivity contribution in [2.45, 2.75) is 26.3 Å². The summed E-state index contributed by atoms with van der Waals surface area (Å²) in [6.45, 7) is 7.37. The summed E-state index contributed by atoms with van der Waals surface area (Å²) in [6, 6.07) is 9.62. The lowest BCUT2D eigenvalue weighted by molar-refractivity contribution is -0.145. The molecule has 2 aromatic heterocycles. The number of nitrogens with one attached hydrogen (secondary N) is 1. The summed E-state index contributed by atoms with van der Waals surface area (Å²) in [5.74, 6) is 2.90. The summed E-state index contributed by atoms with van der Waals surface area (Å²) in [7, 11) is 0. The number of esters is 1. The first-order valence-corrected chi connectivity index (χ1v) is 11.6. The summed E-state index contributed by atoms with van der Waals surface area (Å²) < 4.78 is 6.93. The molecule has 2 atom stereocenters. The second-order valence-corrected chi connectivity index (χ2v) is 8.77. The average Bonchev–Trinajstić information content (AvgIpc) is 3.27. The van der Waals surface area contributed by atoms with E-state index < -0.39 is 0 Å². The van der Waals surface area contributed by atoms with Gasteiger partial charge >= 0.3 is 5.97 Å². The first-order valence-electron chi connectivity index (χ1n) is 11.6. The number of anilines is 2. The van der Waals surface area contributed by atoms with E-state index in [2.05, 4.69) is 32.8 Å².